The minimum absolute atomic E-state index is 0.0637. The number of fused-ring (bicyclic) bond motifs is 1. The van der Waals surface area contributed by atoms with Crippen LogP contribution in [0.3, 0.4) is 0 Å². The molecule has 22 heavy (non-hydrogen) atoms. The molecule has 1 aliphatic heterocycles. The predicted molar refractivity (Wildman–Crippen MR) is 84.7 cm³/mol. The van der Waals surface area contributed by atoms with Crippen LogP contribution in [-0.4, -0.2) is 46.5 Å². The molecule has 2 aromatic rings. The van der Waals surface area contributed by atoms with Crippen LogP contribution in [0.15, 0.2) is 35.4 Å². The Morgan fingerprint density at radius 3 is 3.05 bits per heavy atom. The van der Waals surface area contributed by atoms with Crippen molar-refractivity contribution < 1.29 is 4.79 Å². The lowest BCUT2D eigenvalue weighted by Gasteiger charge is -2.23. The molecule has 1 atom stereocenters. The Hall–Kier alpha value is -2.21. The quantitative estimate of drug-likeness (QED) is 0.898. The lowest BCUT2D eigenvalue weighted by Crippen LogP contribution is -2.39. The van der Waals surface area contributed by atoms with E-state index in [9.17, 15) is 9.59 Å². The van der Waals surface area contributed by atoms with Gasteiger partial charge in [-0.1, -0.05) is 12.1 Å². The molecule has 1 aliphatic rings. The lowest BCUT2D eigenvalue weighted by molar-refractivity contribution is -0.131. The van der Waals surface area contributed by atoms with Crippen molar-refractivity contribution in [2.45, 2.75) is 25.4 Å². The maximum atomic E-state index is 12.4. The van der Waals surface area contributed by atoms with Crippen molar-refractivity contribution in [2.75, 3.05) is 20.1 Å². The molecule has 0 spiro atoms. The number of aryl methyl sites for hydroxylation is 1. The second-order valence-corrected chi connectivity index (χ2v) is 5.66. The lowest BCUT2D eigenvalue weighted by atomic mass is 10.2. The zero-order valence-corrected chi connectivity index (χ0v) is 12.7. The molecule has 0 unspecified atom stereocenters. The summed E-state index contributed by atoms with van der Waals surface area (Å²) in [5.74, 6) is 0.0637. The average molecular weight is 300 g/mol. The van der Waals surface area contributed by atoms with Crippen LogP contribution < -0.4 is 10.9 Å². The van der Waals surface area contributed by atoms with Gasteiger partial charge < -0.3 is 10.2 Å². The molecule has 0 bridgehead atoms. The fourth-order valence-corrected chi connectivity index (χ4v) is 2.83. The normalized spacial score (nSPS) is 17.8. The second kappa shape index (κ2) is 6.27. The van der Waals surface area contributed by atoms with E-state index in [1.807, 2.05) is 25.2 Å². The molecule has 1 aromatic heterocycles. The van der Waals surface area contributed by atoms with E-state index in [0.29, 0.717) is 23.9 Å². The van der Waals surface area contributed by atoms with E-state index >= 15 is 0 Å². The summed E-state index contributed by atoms with van der Waals surface area (Å²) in [6.45, 7) is 2.16. The third kappa shape index (κ3) is 2.87. The van der Waals surface area contributed by atoms with Gasteiger partial charge in [0, 0.05) is 32.6 Å². The first-order chi connectivity index (χ1) is 10.7. The minimum atomic E-state index is -0.0939. The molecule has 1 aromatic carbocycles. The molecule has 0 aliphatic carbocycles. The number of hydrogen-bond acceptors (Lipinski definition) is 4. The highest BCUT2D eigenvalue weighted by Crippen LogP contribution is 2.09. The molecule has 1 fully saturated rings. The van der Waals surface area contributed by atoms with Crippen molar-refractivity contribution >= 4 is 16.8 Å². The summed E-state index contributed by atoms with van der Waals surface area (Å²) in [4.78, 5) is 30.7. The van der Waals surface area contributed by atoms with Crippen LogP contribution in [0, 0.1) is 0 Å². The molecular weight excluding hydrogens is 280 g/mol. The minimum Gasteiger partial charge on any atom is -0.341 e. The summed E-state index contributed by atoms with van der Waals surface area (Å²) in [5.41, 5.74) is 0.591. The molecule has 6 nitrogen and oxygen atoms in total. The molecule has 3 rings (SSSR count). The Labute approximate surface area is 128 Å². The summed E-state index contributed by atoms with van der Waals surface area (Å²) in [5, 5.41) is 3.84. The molecular formula is C16H20N4O2. The van der Waals surface area contributed by atoms with Crippen molar-refractivity contribution in [3.63, 3.8) is 0 Å². The van der Waals surface area contributed by atoms with E-state index in [4.69, 9.17) is 0 Å². The third-order valence-corrected chi connectivity index (χ3v) is 4.27. The molecule has 0 radical (unpaired) electrons. The molecule has 1 amide bonds. The predicted octanol–water partition coefficient (Wildman–Crippen LogP) is 0.607. The van der Waals surface area contributed by atoms with Gasteiger partial charge in [-0.15, -0.1) is 0 Å². The molecule has 2 heterocycles. The summed E-state index contributed by atoms with van der Waals surface area (Å²) in [6, 6.07) is 7.51. The van der Waals surface area contributed by atoms with Crippen molar-refractivity contribution in [2.24, 2.45) is 0 Å². The summed E-state index contributed by atoms with van der Waals surface area (Å²) >= 11 is 0. The topological polar surface area (TPSA) is 67.2 Å². The largest absolute Gasteiger partial charge is 0.341 e. The Bertz CT molecular complexity index is 734. The number of para-hydroxylation sites is 1. The number of aromatic nitrogens is 2. The van der Waals surface area contributed by atoms with E-state index < -0.39 is 0 Å². The Morgan fingerprint density at radius 2 is 2.27 bits per heavy atom. The molecule has 1 saturated heterocycles. The first-order valence-corrected chi connectivity index (χ1v) is 7.57. The number of likely N-dealkylation sites (N-methyl/N-ethyl adjacent to an activating group) is 1. The van der Waals surface area contributed by atoms with Crippen LogP contribution in [0.5, 0.6) is 0 Å². The van der Waals surface area contributed by atoms with Gasteiger partial charge in [-0.25, -0.2) is 4.98 Å². The van der Waals surface area contributed by atoms with E-state index in [-0.39, 0.29) is 17.5 Å². The van der Waals surface area contributed by atoms with Crippen LogP contribution >= 0.6 is 0 Å². The van der Waals surface area contributed by atoms with Crippen LogP contribution in [0.1, 0.15) is 12.8 Å². The maximum absolute atomic E-state index is 12.4. The number of nitrogens with one attached hydrogen (secondary N) is 1. The van der Waals surface area contributed by atoms with Gasteiger partial charge in [0.1, 0.15) is 0 Å². The number of carbonyl (C=O) groups is 1. The van der Waals surface area contributed by atoms with Gasteiger partial charge in [0.2, 0.25) is 5.91 Å². The van der Waals surface area contributed by atoms with Gasteiger partial charge in [-0.3, -0.25) is 14.2 Å². The third-order valence-electron chi connectivity index (χ3n) is 4.27. The number of carbonyl (C=O) groups excluding carboxylic acids is 1. The number of nitrogens with zero attached hydrogens (tertiary/aromatic N) is 3. The van der Waals surface area contributed by atoms with Crippen molar-refractivity contribution in [3.05, 3.63) is 40.9 Å². The maximum Gasteiger partial charge on any atom is 0.261 e. The van der Waals surface area contributed by atoms with Crippen LogP contribution in [-0.2, 0) is 11.3 Å². The van der Waals surface area contributed by atoms with Crippen molar-refractivity contribution in [3.8, 4) is 0 Å². The van der Waals surface area contributed by atoms with Gasteiger partial charge >= 0.3 is 0 Å². The zero-order chi connectivity index (χ0) is 15.5. The second-order valence-electron chi connectivity index (χ2n) is 5.66. The van der Waals surface area contributed by atoms with E-state index in [1.165, 1.54) is 10.9 Å². The van der Waals surface area contributed by atoms with E-state index in [1.54, 1.807) is 11.0 Å². The first-order valence-electron chi connectivity index (χ1n) is 7.57. The summed E-state index contributed by atoms with van der Waals surface area (Å²) in [6.07, 6.45) is 2.82. The fourth-order valence-electron chi connectivity index (χ4n) is 2.83. The standard InChI is InChI=1S/C16H20N4O2/c1-19(12-6-8-17-10-12)15(21)7-9-20-11-18-14-5-3-2-4-13(14)16(20)22/h2-5,11-12,17H,6-10H2,1H3/t12-/m0/s1. The molecule has 6 heteroatoms. The Morgan fingerprint density at radius 1 is 1.45 bits per heavy atom. The number of benzene rings is 1. The first kappa shape index (κ1) is 14.7. The average Bonchev–Trinajstić information content (AvgIpc) is 3.08. The monoisotopic (exact) mass is 300 g/mol. The fraction of sp³-hybridized carbons (Fsp3) is 0.438. The summed E-state index contributed by atoms with van der Waals surface area (Å²) in [7, 11) is 1.83. The number of amides is 1. The van der Waals surface area contributed by atoms with Gasteiger partial charge in [0.25, 0.3) is 5.56 Å². The SMILES string of the molecule is CN(C(=O)CCn1cnc2ccccc2c1=O)[C@H]1CCNC1. The van der Waals surface area contributed by atoms with Gasteiger partial charge in [-0.2, -0.15) is 0 Å². The van der Waals surface area contributed by atoms with E-state index in [0.717, 1.165) is 19.5 Å². The Kier molecular flexibility index (Phi) is 4.20. The smallest absolute Gasteiger partial charge is 0.261 e. The Balaban J connectivity index is 1.70. The zero-order valence-electron chi connectivity index (χ0n) is 12.7. The van der Waals surface area contributed by atoms with Crippen molar-refractivity contribution in [1.82, 2.24) is 19.8 Å². The highest BCUT2D eigenvalue weighted by molar-refractivity contribution is 5.77. The highest BCUT2D eigenvalue weighted by atomic mass is 16.2. The summed E-state index contributed by atoms with van der Waals surface area (Å²) < 4.78 is 1.51. The van der Waals surface area contributed by atoms with Gasteiger partial charge in [0.15, 0.2) is 0 Å². The van der Waals surface area contributed by atoms with Crippen LogP contribution in [0.4, 0.5) is 0 Å². The molecule has 116 valence electrons. The van der Waals surface area contributed by atoms with Crippen molar-refractivity contribution in [1.29, 1.82) is 0 Å². The highest BCUT2D eigenvalue weighted by Gasteiger charge is 2.22. The molecule has 0 saturated carbocycles. The molecule has 1 N–H and O–H groups in total. The van der Waals surface area contributed by atoms with Crippen LogP contribution in [0.2, 0.25) is 0 Å². The van der Waals surface area contributed by atoms with Crippen LogP contribution in [0.25, 0.3) is 10.9 Å². The number of rotatable bonds is 4. The van der Waals surface area contributed by atoms with Gasteiger partial charge in [0.05, 0.1) is 17.2 Å². The van der Waals surface area contributed by atoms with Gasteiger partial charge in [-0.05, 0) is 25.1 Å². The van der Waals surface area contributed by atoms with E-state index in [2.05, 4.69) is 10.3 Å². The number of hydrogen-bond donors (Lipinski definition) is 1.